The molecule has 5 heteroatoms. The van der Waals surface area contributed by atoms with Crippen molar-refractivity contribution in [2.75, 3.05) is 7.11 Å². The van der Waals surface area contributed by atoms with Gasteiger partial charge in [0.1, 0.15) is 12.4 Å². The van der Waals surface area contributed by atoms with E-state index < -0.39 is 0 Å². The zero-order chi connectivity index (χ0) is 18.6. The SMILES string of the molecule is COc1ccccc1OCc1nc2ccccc2n1Cc1cccc(Cl)c1. The maximum atomic E-state index is 6.15. The number of nitrogens with zero attached hydrogens (tertiary/aromatic N) is 2. The Morgan fingerprint density at radius 1 is 0.926 bits per heavy atom. The summed E-state index contributed by atoms with van der Waals surface area (Å²) in [4.78, 5) is 4.77. The van der Waals surface area contributed by atoms with Crippen molar-refractivity contribution in [3.8, 4) is 11.5 Å². The third-order valence-electron chi connectivity index (χ3n) is 4.39. The van der Waals surface area contributed by atoms with E-state index in [0.29, 0.717) is 24.7 Å². The van der Waals surface area contributed by atoms with E-state index in [0.717, 1.165) is 27.4 Å². The van der Waals surface area contributed by atoms with Crippen molar-refractivity contribution in [1.29, 1.82) is 0 Å². The third-order valence-corrected chi connectivity index (χ3v) is 4.62. The summed E-state index contributed by atoms with van der Waals surface area (Å²) in [7, 11) is 1.64. The molecule has 0 bridgehead atoms. The van der Waals surface area contributed by atoms with Gasteiger partial charge in [-0.05, 0) is 42.0 Å². The maximum Gasteiger partial charge on any atom is 0.161 e. The average Bonchev–Trinajstić information content (AvgIpc) is 3.04. The van der Waals surface area contributed by atoms with E-state index in [-0.39, 0.29) is 0 Å². The van der Waals surface area contributed by atoms with Crippen molar-refractivity contribution in [1.82, 2.24) is 9.55 Å². The van der Waals surface area contributed by atoms with E-state index in [2.05, 4.69) is 16.7 Å². The third kappa shape index (κ3) is 3.76. The number of hydrogen-bond donors (Lipinski definition) is 0. The lowest BCUT2D eigenvalue weighted by Crippen LogP contribution is -2.08. The first-order valence-corrected chi connectivity index (χ1v) is 9.07. The molecular weight excluding hydrogens is 360 g/mol. The predicted octanol–water partition coefficient (Wildman–Crippen LogP) is 5.33. The molecule has 1 aromatic heterocycles. The summed E-state index contributed by atoms with van der Waals surface area (Å²) in [6, 6.07) is 23.6. The molecule has 0 atom stereocenters. The Morgan fingerprint density at radius 3 is 2.52 bits per heavy atom. The Hall–Kier alpha value is -2.98. The van der Waals surface area contributed by atoms with Crippen molar-refractivity contribution >= 4 is 22.6 Å². The van der Waals surface area contributed by atoms with Gasteiger partial charge in [0, 0.05) is 11.6 Å². The number of ether oxygens (including phenoxy) is 2. The summed E-state index contributed by atoms with van der Waals surface area (Å²) < 4.78 is 13.5. The molecule has 136 valence electrons. The van der Waals surface area contributed by atoms with Crippen LogP contribution < -0.4 is 9.47 Å². The van der Waals surface area contributed by atoms with Gasteiger partial charge in [0.15, 0.2) is 11.5 Å². The predicted molar refractivity (Wildman–Crippen MR) is 108 cm³/mol. The number of para-hydroxylation sites is 4. The molecule has 0 N–H and O–H groups in total. The van der Waals surface area contributed by atoms with Crippen LogP contribution >= 0.6 is 11.6 Å². The Labute approximate surface area is 162 Å². The van der Waals surface area contributed by atoms with Crippen molar-refractivity contribution in [3.63, 3.8) is 0 Å². The molecular formula is C22H19ClN2O2. The molecule has 1 heterocycles. The molecule has 0 aliphatic rings. The summed E-state index contributed by atoms with van der Waals surface area (Å²) in [6.07, 6.45) is 0. The highest BCUT2D eigenvalue weighted by atomic mass is 35.5. The molecule has 4 nitrogen and oxygen atoms in total. The fourth-order valence-corrected chi connectivity index (χ4v) is 3.32. The highest BCUT2D eigenvalue weighted by molar-refractivity contribution is 6.30. The molecule has 0 amide bonds. The molecule has 0 fully saturated rings. The number of methoxy groups -OCH3 is 1. The van der Waals surface area contributed by atoms with Crippen molar-refractivity contribution in [3.05, 3.63) is 89.2 Å². The van der Waals surface area contributed by atoms with Gasteiger partial charge < -0.3 is 14.0 Å². The van der Waals surface area contributed by atoms with Gasteiger partial charge in [-0.15, -0.1) is 0 Å². The Bertz CT molecular complexity index is 1070. The summed E-state index contributed by atoms with van der Waals surface area (Å²) in [5, 5.41) is 0.726. The van der Waals surface area contributed by atoms with Crippen LogP contribution in [0.4, 0.5) is 0 Å². The number of benzene rings is 3. The highest BCUT2D eigenvalue weighted by Gasteiger charge is 2.13. The van der Waals surface area contributed by atoms with E-state index in [1.807, 2.05) is 60.7 Å². The van der Waals surface area contributed by atoms with Gasteiger partial charge in [0.2, 0.25) is 0 Å². The minimum absolute atomic E-state index is 0.343. The summed E-state index contributed by atoms with van der Waals surface area (Å²) in [5.41, 5.74) is 3.12. The fourth-order valence-electron chi connectivity index (χ4n) is 3.11. The normalized spacial score (nSPS) is 10.9. The lowest BCUT2D eigenvalue weighted by molar-refractivity contribution is 0.273. The van der Waals surface area contributed by atoms with Crippen LogP contribution in [-0.4, -0.2) is 16.7 Å². The van der Waals surface area contributed by atoms with Gasteiger partial charge >= 0.3 is 0 Å². The minimum atomic E-state index is 0.343. The number of halogens is 1. The summed E-state index contributed by atoms with van der Waals surface area (Å²) >= 11 is 6.15. The molecule has 0 aliphatic carbocycles. The van der Waals surface area contributed by atoms with Crippen LogP contribution in [0.3, 0.4) is 0 Å². The first-order chi connectivity index (χ1) is 13.2. The Balaban J connectivity index is 1.67. The van der Waals surface area contributed by atoms with Gasteiger partial charge in [-0.3, -0.25) is 0 Å². The van der Waals surface area contributed by atoms with Crippen LogP contribution in [0, 0.1) is 0 Å². The molecule has 0 spiro atoms. The lowest BCUT2D eigenvalue weighted by Gasteiger charge is -2.12. The first-order valence-electron chi connectivity index (χ1n) is 8.69. The number of imidazole rings is 1. The van der Waals surface area contributed by atoms with E-state index >= 15 is 0 Å². The summed E-state index contributed by atoms with van der Waals surface area (Å²) in [5.74, 6) is 2.25. The number of aromatic nitrogens is 2. The second-order valence-corrected chi connectivity index (χ2v) is 6.61. The molecule has 4 rings (SSSR count). The Morgan fingerprint density at radius 2 is 1.70 bits per heavy atom. The van der Waals surface area contributed by atoms with Gasteiger partial charge in [-0.25, -0.2) is 4.98 Å². The smallest absolute Gasteiger partial charge is 0.161 e. The second kappa shape index (κ2) is 7.72. The average molecular weight is 379 g/mol. The van der Waals surface area contributed by atoms with Gasteiger partial charge in [-0.1, -0.05) is 48.0 Å². The topological polar surface area (TPSA) is 36.3 Å². The number of rotatable bonds is 6. The molecule has 0 aliphatic heterocycles. The first kappa shape index (κ1) is 17.4. The van der Waals surface area contributed by atoms with Crippen LogP contribution in [-0.2, 0) is 13.2 Å². The lowest BCUT2D eigenvalue weighted by atomic mass is 10.2. The van der Waals surface area contributed by atoms with Crippen molar-refractivity contribution in [2.24, 2.45) is 0 Å². The van der Waals surface area contributed by atoms with Crippen LogP contribution in [0.25, 0.3) is 11.0 Å². The molecule has 0 saturated heterocycles. The van der Waals surface area contributed by atoms with Crippen molar-refractivity contribution < 1.29 is 9.47 Å². The van der Waals surface area contributed by atoms with Crippen LogP contribution in [0.2, 0.25) is 5.02 Å². The van der Waals surface area contributed by atoms with Gasteiger partial charge in [-0.2, -0.15) is 0 Å². The molecule has 4 aromatic rings. The maximum absolute atomic E-state index is 6.15. The zero-order valence-corrected chi connectivity index (χ0v) is 15.7. The monoisotopic (exact) mass is 378 g/mol. The minimum Gasteiger partial charge on any atom is -0.493 e. The van der Waals surface area contributed by atoms with Crippen LogP contribution in [0.5, 0.6) is 11.5 Å². The number of fused-ring (bicyclic) bond motifs is 1. The molecule has 3 aromatic carbocycles. The largest absolute Gasteiger partial charge is 0.493 e. The van der Waals surface area contributed by atoms with Crippen LogP contribution in [0.1, 0.15) is 11.4 Å². The molecule has 27 heavy (non-hydrogen) atoms. The quantitative estimate of drug-likeness (QED) is 0.455. The zero-order valence-electron chi connectivity index (χ0n) is 14.9. The second-order valence-electron chi connectivity index (χ2n) is 6.17. The highest BCUT2D eigenvalue weighted by Crippen LogP contribution is 2.27. The van der Waals surface area contributed by atoms with E-state index in [4.69, 9.17) is 26.1 Å². The summed E-state index contributed by atoms with van der Waals surface area (Å²) in [6.45, 7) is 1.02. The molecule has 0 unspecified atom stereocenters. The van der Waals surface area contributed by atoms with Gasteiger partial charge in [0.05, 0.1) is 18.1 Å². The standard InChI is InChI=1S/C22H19ClN2O2/c1-26-20-11-4-5-12-21(20)27-15-22-24-18-9-2-3-10-19(18)25(22)14-16-7-6-8-17(23)13-16/h2-13H,14-15H2,1H3. The van der Waals surface area contributed by atoms with E-state index in [9.17, 15) is 0 Å². The fraction of sp³-hybridized carbons (Fsp3) is 0.136. The molecule has 0 radical (unpaired) electrons. The Kier molecular flexibility index (Phi) is 4.99. The van der Waals surface area contributed by atoms with Crippen LogP contribution in [0.15, 0.2) is 72.8 Å². The van der Waals surface area contributed by atoms with Gasteiger partial charge in [0.25, 0.3) is 0 Å². The van der Waals surface area contributed by atoms with E-state index in [1.54, 1.807) is 7.11 Å². The van der Waals surface area contributed by atoms with Crippen molar-refractivity contribution in [2.45, 2.75) is 13.2 Å². The molecule has 0 saturated carbocycles. The van der Waals surface area contributed by atoms with E-state index in [1.165, 1.54) is 0 Å². The number of hydrogen-bond acceptors (Lipinski definition) is 3.